The molecule has 9 heteroatoms. The number of hydrogen-bond donors (Lipinski definition) is 2. The van der Waals surface area contributed by atoms with Gasteiger partial charge >= 0.3 is 5.69 Å². The van der Waals surface area contributed by atoms with Crippen LogP contribution in [0.2, 0.25) is 0 Å². The average molecular weight is 480 g/mol. The van der Waals surface area contributed by atoms with Crippen LogP contribution in [-0.2, 0) is 17.8 Å². The minimum Gasteiger partial charge on any atom is -0.352 e. The van der Waals surface area contributed by atoms with Crippen molar-refractivity contribution in [1.82, 2.24) is 14.9 Å². The van der Waals surface area contributed by atoms with Gasteiger partial charge < -0.3 is 10.3 Å². The van der Waals surface area contributed by atoms with Gasteiger partial charge in [0, 0.05) is 18.7 Å². The molecule has 0 bridgehead atoms. The van der Waals surface area contributed by atoms with Gasteiger partial charge in [-0.2, -0.15) is 0 Å². The summed E-state index contributed by atoms with van der Waals surface area (Å²) < 4.78 is 0.913. The van der Waals surface area contributed by atoms with Gasteiger partial charge in [-0.3, -0.25) is 19.7 Å². The predicted octanol–water partition coefficient (Wildman–Crippen LogP) is 3.60. The Bertz CT molecular complexity index is 1750. The molecule has 9 nitrogen and oxygen atoms in total. The third-order valence-corrected chi connectivity index (χ3v) is 6.01. The van der Waals surface area contributed by atoms with E-state index in [9.17, 15) is 24.5 Å². The topological polar surface area (TPSA) is 127 Å². The summed E-state index contributed by atoms with van der Waals surface area (Å²) in [7, 11) is 0. The largest absolute Gasteiger partial charge is 0.352 e. The highest BCUT2D eigenvalue weighted by Crippen LogP contribution is 2.19. The summed E-state index contributed by atoms with van der Waals surface area (Å²) in [5, 5.41) is 16.2. The first-order chi connectivity index (χ1) is 17.4. The van der Waals surface area contributed by atoms with Crippen LogP contribution in [0, 0.1) is 10.1 Å². The quantitative estimate of drug-likeness (QED) is 0.284. The van der Waals surface area contributed by atoms with Crippen LogP contribution in [0.4, 0.5) is 5.69 Å². The van der Waals surface area contributed by atoms with E-state index >= 15 is 0 Å². The molecule has 36 heavy (non-hydrogen) atoms. The SMILES string of the molecule is O=C(Cc1ccc(-n2c(=O)[nH]c3ccc([N+](=O)[O-])cc3c2=O)cc1)NCc1cccc2ccccc12. The summed E-state index contributed by atoms with van der Waals surface area (Å²) in [5.41, 5.74) is 0.644. The second kappa shape index (κ2) is 9.30. The smallest absolute Gasteiger partial charge is 0.333 e. The number of carbonyl (C=O) groups is 1. The Balaban J connectivity index is 1.34. The molecule has 0 aliphatic rings. The van der Waals surface area contributed by atoms with Crippen LogP contribution in [-0.4, -0.2) is 20.4 Å². The molecule has 5 aromatic rings. The Morgan fingerprint density at radius 2 is 1.67 bits per heavy atom. The van der Waals surface area contributed by atoms with E-state index in [0.717, 1.165) is 27.0 Å². The first kappa shape index (κ1) is 22.7. The van der Waals surface area contributed by atoms with Crippen molar-refractivity contribution >= 4 is 33.3 Å². The maximum absolute atomic E-state index is 13.0. The van der Waals surface area contributed by atoms with Gasteiger partial charge in [0.05, 0.1) is 27.9 Å². The molecule has 4 aromatic carbocycles. The summed E-state index contributed by atoms with van der Waals surface area (Å²) in [6, 6.07) is 24.1. The van der Waals surface area contributed by atoms with Gasteiger partial charge in [-0.25, -0.2) is 9.36 Å². The fraction of sp³-hybridized carbons (Fsp3) is 0.0741. The van der Waals surface area contributed by atoms with E-state index in [1.807, 2.05) is 42.5 Å². The standard InChI is InChI=1S/C27H20N4O5/c32-25(28-16-19-6-3-5-18-4-1-2-7-22(18)19)14-17-8-10-20(11-9-17)30-26(33)23-15-21(31(35)36)12-13-24(23)29-27(30)34/h1-13,15H,14,16H2,(H,28,32)(H,29,34). The lowest BCUT2D eigenvalue weighted by molar-refractivity contribution is -0.384. The molecule has 0 atom stereocenters. The van der Waals surface area contributed by atoms with Gasteiger partial charge in [0.25, 0.3) is 11.2 Å². The zero-order valence-electron chi connectivity index (χ0n) is 18.9. The van der Waals surface area contributed by atoms with Crippen molar-refractivity contribution < 1.29 is 9.72 Å². The molecule has 0 radical (unpaired) electrons. The zero-order valence-corrected chi connectivity index (χ0v) is 18.9. The summed E-state index contributed by atoms with van der Waals surface area (Å²) in [6.45, 7) is 0.395. The van der Waals surface area contributed by atoms with Crippen molar-refractivity contribution in [2.75, 3.05) is 0 Å². The molecule has 1 heterocycles. The van der Waals surface area contributed by atoms with Gasteiger partial charge in [0.15, 0.2) is 0 Å². The number of H-pyrrole nitrogens is 1. The van der Waals surface area contributed by atoms with E-state index < -0.39 is 16.2 Å². The maximum atomic E-state index is 13.0. The lowest BCUT2D eigenvalue weighted by atomic mass is 10.0. The second-order valence-corrected chi connectivity index (χ2v) is 8.32. The van der Waals surface area contributed by atoms with Gasteiger partial charge in [0.2, 0.25) is 5.91 Å². The summed E-state index contributed by atoms with van der Waals surface area (Å²) in [4.78, 5) is 51.1. The second-order valence-electron chi connectivity index (χ2n) is 8.32. The molecule has 2 N–H and O–H groups in total. The van der Waals surface area contributed by atoms with Crippen LogP contribution in [0.5, 0.6) is 0 Å². The number of carbonyl (C=O) groups excluding carboxylic acids is 1. The van der Waals surface area contributed by atoms with E-state index in [0.29, 0.717) is 12.1 Å². The normalized spacial score (nSPS) is 11.0. The number of nitro groups is 1. The minimum atomic E-state index is -0.668. The molecule has 178 valence electrons. The monoisotopic (exact) mass is 480 g/mol. The highest BCUT2D eigenvalue weighted by atomic mass is 16.6. The van der Waals surface area contributed by atoms with Gasteiger partial charge in [0.1, 0.15) is 0 Å². The van der Waals surface area contributed by atoms with E-state index in [1.165, 1.54) is 12.1 Å². The Hall–Kier alpha value is -5.05. The van der Waals surface area contributed by atoms with Crippen LogP contribution in [0.15, 0.2) is 94.5 Å². The molecular formula is C27H20N4O5. The van der Waals surface area contributed by atoms with Crippen molar-refractivity contribution in [2.45, 2.75) is 13.0 Å². The average Bonchev–Trinajstić information content (AvgIpc) is 2.88. The van der Waals surface area contributed by atoms with E-state index in [4.69, 9.17) is 0 Å². The number of aromatic nitrogens is 2. The van der Waals surface area contributed by atoms with E-state index in [1.54, 1.807) is 24.3 Å². The number of nitrogens with one attached hydrogen (secondary N) is 2. The van der Waals surface area contributed by atoms with Crippen LogP contribution in [0.1, 0.15) is 11.1 Å². The fourth-order valence-corrected chi connectivity index (χ4v) is 4.20. The highest BCUT2D eigenvalue weighted by molar-refractivity contribution is 5.86. The van der Waals surface area contributed by atoms with E-state index in [-0.39, 0.29) is 34.6 Å². The third-order valence-electron chi connectivity index (χ3n) is 6.01. The molecule has 5 rings (SSSR count). The molecule has 0 unspecified atom stereocenters. The summed E-state index contributed by atoms with van der Waals surface area (Å²) in [5.74, 6) is -0.163. The zero-order chi connectivity index (χ0) is 25.2. The molecule has 0 aliphatic carbocycles. The molecule has 0 fully saturated rings. The van der Waals surface area contributed by atoms with Gasteiger partial charge in [-0.15, -0.1) is 0 Å². The van der Waals surface area contributed by atoms with Crippen LogP contribution in [0.3, 0.4) is 0 Å². The molecule has 1 aromatic heterocycles. The Labute approximate surface area is 203 Å². The number of aromatic amines is 1. The number of benzene rings is 4. The Kier molecular flexibility index (Phi) is 5.87. The third kappa shape index (κ3) is 4.37. The van der Waals surface area contributed by atoms with Crippen molar-refractivity contribution in [2.24, 2.45) is 0 Å². The number of rotatable bonds is 6. The molecule has 1 amide bonds. The van der Waals surface area contributed by atoms with Crippen molar-refractivity contribution in [3.8, 4) is 5.69 Å². The number of non-ortho nitro benzene ring substituents is 1. The van der Waals surface area contributed by atoms with Gasteiger partial charge in [-0.1, -0.05) is 54.6 Å². The van der Waals surface area contributed by atoms with Crippen molar-refractivity contribution in [3.05, 3.63) is 127 Å². The molecule has 0 spiro atoms. The molecule has 0 saturated carbocycles. The summed E-state index contributed by atoms with van der Waals surface area (Å²) >= 11 is 0. The van der Waals surface area contributed by atoms with Crippen LogP contribution >= 0.6 is 0 Å². The number of hydrogen-bond acceptors (Lipinski definition) is 5. The lowest BCUT2D eigenvalue weighted by Crippen LogP contribution is -2.33. The maximum Gasteiger partial charge on any atom is 0.333 e. The van der Waals surface area contributed by atoms with Crippen LogP contribution < -0.4 is 16.6 Å². The lowest BCUT2D eigenvalue weighted by Gasteiger charge is -2.10. The number of fused-ring (bicyclic) bond motifs is 2. The molecule has 0 saturated heterocycles. The van der Waals surface area contributed by atoms with Crippen molar-refractivity contribution in [1.29, 1.82) is 0 Å². The Morgan fingerprint density at radius 3 is 2.44 bits per heavy atom. The predicted molar refractivity (Wildman–Crippen MR) is 136 cm³/mol. The Morgan fingerprint density at radius 1 is 0.917 bits per heavy atom. The first-order valence-electron chi connectivity index (χ1n) is 11.2. The van der Waals surface area contributed by atoms with Gasteiger partial charge in [-0.05, 0) is 40.1 Å². The fourth-order valence-electron chi connectivity index (χ4n) is 4.20. The number of amides is 1. The number of nitro benzene ring substituents is 1. The number of nitrogens with zero attached hydrogens (tertiary/aromatic N) is 2. The minimum absolute atomic E-state index is 0.0284. The van der Waals surface area contributed by atoms with Crippen molar-refractivity contribution in [3.63, 3.8) is 0 Å². The molecular weight excluding hydrogens is 460 g/mol. The van der Waals surface area contributed by atoms with Crippen LogP contribution in [0.25, 0.3) is 27.4 Å². The van der Waals surface area contributed by atoms with E-state index in [2.05, 4.69) is 10.3 Å². The highest BCUT2D eigenvalue weighted by Gasteiger charge is 2.14. The summed E-state index contributed by atoms with van der Waals surface area (Å²) in [6.07, 6.45) is 0.125. The first-order valence-corrected chi connectivity index (χ1v) is 11.2. The molecule has 0 aliphatic heterocycles.